The number of carboxylic acids is 4. The van der Waals surface area contributed by atoms with Gasteiger partial charge in [0.2, 0.25) is 0 Å². The summed E-state index contributed by atoms with van der Waals surface area (Å²) in [6, 6.07) is 0. The average Bonchev–Trinajstić information content (AvgIpc) is 1.88. The minimum atomic E-state index is -1.82. The van der Waals surface area contributed by atoms with E-state index in [1.807, 2.05) is 0 Å². The molecule has 0 aromatic carbocycles. The molecule has 0 amide bonds. The van der Waals surface area contributed by atoms with Crippen molar-refractivity contribution in [3.05, 3.63) is 0 Å². The monoisotopic (exact) mass is 290 g/mol. The number of hydrogen-bond donors (Lipinski definition) is 4. The van der Waals surface area contributed by atoms with Gasteiger partial charge in [-0.25, -0.2) is 19.2 Å². The van der Waals surface area contributed by atoms with E-state index in [1.165, 1.54) is 0 Å². The number of carboxylic acid groups (broad SMARTS) is 4. The Morgan fingerprint density at radius 2 is 0.562 bits per heavy atom. The number of rotatable bonds is 0. The third kappa shape index (κ3) is 36.6. The molecule has 0 atom stereocenters. The summed E-state index contributed by atoms with van der Waals surface area (Å²) in [6.07, 6.45) is 0. The van der Waals surface area contributed by atoms with Gasteiger partial charge in [-0.2, -0.15) is 0 Å². The Balaban J connectivity index is -0.0000000250. The summed E-state index contributed by atoms with van der Waals surface area (Å²) in [7, 11) is 0. The zero-order valence-electron chi connectivity index (χ0n) is 8.42. The molecule has 2 radical (unpaired) electrons. The van der Waals surface area contributed by atoms with Crippen molar-refractivity contribution in [3.63, 3.8) is 0 Å². The molecule has 78 valence electrons. The summed E-state index contributed by atoms with van der Waals surface area (Å²) in [5.74, 6) is -7.30. The van der Waals surface area contributed by atoms with Gasteiger partial charge in [-0.15, -0.1) is 0 Å². The second kappa shape index (κ2) is 20.9. The van der Waals surface area contributed by atoms with Crippen LogP contribution in [0.3, 0.4) is 0 Å². The molecule has 0 bridgehead atoms. The van der Waals surface area contributed by atoms with Crippen molar-refractivity contribution in [1.82, 2.24) is 0 Å². The first-order valence-electron chi connectivity index (χ1n) is 2.21. The van der Waals surface area contributed by atoms with Gasteiger partial charge in [-0.05, 0) is 0 Å². The third-order valence-electron chi connectivity index (χ3n) is 0.366. The van der Waals surface area contributed by atoms with E-state index in [0.29, 0.717) is 0 Å². The van der Waals surface area contributed by atoms with Gasteiger partial charge in [0.25, 0.3) is 0 Å². The van der Waals surface area contributed by atoms with Gasteiger partial charge < -0.3 is 20.4 Å². The molecule has 0 aliphatic heterocycles. The fourth-order valence-electron chi connectivity index (χ4n) is 0. The number of aliphatic carboxylic acids is 4. The third-order valence-corrected chi connectivity index (χ3v) is 0.366. The molecule has 0 heterocycles. The van der Waals surface area contributed by atoms with Crippen molar-refractivity contribution in [3.8, 4) is 0 Å². The first kappa shape index (κ1) is 36.0. The van der Waals surface area contributed by atoms with E-state index in [-0.39, 0.29) is 81.2 Å². The molecule has 16 heavy (non-hydrogen) atoms. The minimum absolute atomic E-state index is 0. The SMILES string of the molecule is O=C(O)C(=O)O.O=C(O)C(=O)O.[Li].[Li].[Ti].[Ti]. The molecule has 12 heteroatoms. The number of hydrogen-bond acceptors (Lipinski definition) is 4. The largest absolute Gasteiger partial charge is 0.473 e. The molecule has 4 N–H and O–H groups in total. The summed E-state index contributed by atoms with van der Waals surface area (Å²) >= 11 is 0. The molecule has 0 unspecified atom stereocenters. The fourth-order valence-corrected chi connectivity index (χ4v) is 0. The molecule has 8 nitrogen and oxygen atoms in total. The molecular weight excluding hydrogens is 286 g/mol. The van der Waals surface area contributed by atoms with Crippen LogP contribution >= 0.6 is 0 Å². The maximum Gasteiger partial charge on any atom is 0.414 e. The van der Waals surface area contributed by atoms with Crippen molar-refractivity contribution in [2.24, 2.45) is 0 Å². The van der Waals surface area contributed by atoms with Crippen molar-refractivity contribution in [2.45, 2.75) is 0 Å². The second-order valence-corrected chi connectivity index (χ2v) is 1.22. The van der Waals surface area contributed by atoms with Crippen LogP contribution in [0.5, 0.6) is 0 Å². The Hall–Kier alpha value is 0.503. The van der Waals surface area contributed by atoms with Crippen molar-refractivity contribution >= 4 is 61.6 Å². The van der Waals surface area contributed by atoms with Crippen molar-refractivity contribution in [1.29, 1.82) is 0 Å². The van der Waals surface area contributed by atoms with E-state index < -0.39 is 23.9 Å². The molecule has 0 aromatic rings. The van der Waals surface area contributed by atoms with E-state index in [9.17, 15) is 0 Å². The minimum Gasteiger partial charge on any atom is -0.473 e. The first-order valence-corrected chi connectivity index (χ1v) is 2.21. The Morgan fingerprint density at radius 3 is 0.562 bits per heavy atom. The summed E-state index contributed by atoms with van der Waals surface area (Å²) in [4.78, 5) is 36.4. The summed E-state index contributed by atoms with van der Waals surface area (Å²) in [5.41, 5.74) is 0. The second-order valence-electron chi connectivity index (χ2n) is 1.22. The molecular formula is C4H4Li2O8Ti2. The predicted octanol–water partition coefficient (Wildman–Crippen LogP) is -2.46. The smallest absolute Gasteiger partial charge is 0.414 e. The van der Waals surface area contributed by atoms with Gasteiger partial charge in [0.1, 0.15) is 0 Å². The quantitative estimate of drug-likeness (QED) is 0.283. The zero-order chi connectivity index (χ0) is 10.3. The summed E-state index contributed by atoms with van der Waals surface area (Å²) < 4.78 is 0. The van der Waals surface area contributed by atoms with Crippen LogP contribution in [-0.4, -0.2) is 82.0 Å². The van der Waals surface area contributed by atoms with Gasteiger partial charge in [-0.1, -0.05) is 0 Å². The Morgan fingerprint density at radius 1 is 0.500 bits per heavy atom. The van der Waals surface area contributed by atoms with Crippen molar-refractivity contribution in [2.75, 3.05) is 0 Å². The van der Waals surface area contributed by atoms with E-state index in [2.05, 4.69) is 0 Å². The summed E-state index contributed by atoms with van der Waals surface area (Å²) in [5, 5.41) is 29.6. The van der Waals surface area contributed by atoms with Crippen LogP contribution in [0.2, 0.25) is 0 Å². The molecule has 0 aliphatic rings. The van der Waals surface area contributed by atoms with Crippen LogP contribution in [0.1, 0.15) is 0 Å². The topological polar surface area (TPSA) is 149 Å². The fraction of sp³-hybridized carbons (Fsp3) is 0. The Labute approximate surface area is 143 Å². The number of carbonyl (C=O) groups is 4. The van der Waals surface area contributed by atoms with Gasteiger partial charge >= 0.3 is 23.9 Å². The molecule has 0 saturated heterocycles. The Kier molecular flexibility index (Phi) is 46.9. The van der Waals surface area contributed by atoms with Crippen LogP contribution in [0, 0.1) is 0 Å². The molecule has 0 saturated carbocycles. The standard InChI is InChI=1S/2C2H2O4.2Li.2Ti/c2*3-1(4)2(5)6;;;;/h2*(H,3,4)(H,5,6);;;;. The maximum absolute atomic E-state index is 9.10. The normalized spacial score (nSPS) is 5.50. The molecule has 0 spiro atoms. The van der Waals surface area contributed by atoms with Gasteiger partial charge in [0.05, 0.1) is 0 Å². The van der Waals surface area contributed by atoms with Crippen molar-refractivity contribution < 1.29 is 83.0 Å². The van der Waals surface area contributed by atoms with E-state index in [4.69, 9.17) is 39.6 Å². The van der Waals surface area contributed by atoms with E-state index >= 15 is 0 Å². The maximum atomic E-state index is 9.10. The van der Waals surface area contributed by atoms with Crippen LogP contribution in [0.15, 0.2) is 0 Å². The Bertz CT molecular complexity index is 184. The average molecular weight is 290 g/mol. The van der Waals surface area contributed by atoms with Gasteiger partial charge in [0, 0.05) is 81.2 Å². The predicted molar refractivity (Wildman–Crippen MR) is 42.1 cm³/mol. The molecule has 0 aromatic heterocycles. The van der Waals surface area contributed by atoms with Crippen LogP contribution in [0.4, 0.5) is 0 Å². The molecule has 0 rings (SSSR count). The first-order chi connectivity index (χ1) is 5.29. The summed E-state index contributed by atoms with van der Waals surface area (Å²) in [6.45, 7) is 0. The van der Waals surface area contributed by atoms with E-state index in [0.717, 1.165) is 0 Å². The van der Waals surface area contributed by atoms with Gasteiger partial charge in [-0.3, -0.25) is 0 Å². The zero-order valence-corrected chi connectivity index (χ0v) is 11.5. The van der Waals surface area contributed by atoms with Crippen LogP contribution < -0.4 is 0 Å². The molecule has 0 aliphatic carbocycles. The molecule has 0 fully saturated rings. The van der Waals surface area contributed by atoms with Crippen LogP contribution in [0.25, 0.3) is 0 Å². The van der Waals surface area contributed by atoms with Crippen LogP contribution in [-0.2, 0) is 62.6 Å². The van der Waals surface area contributed by atoms with E-state index in [1.54, 1.807) is 0 Å². The van der Waals surface area contributed by atoms with Gasteiger partial charge in [0.15, 0.2) is 0 Å².